The van der Waals surface area contributed by atoms with Crippen LogP contribution in [-0.4, -0.2) is 31.1 Å². The summed E-state index contributed by atoms with van der Waals surface area (Å²) in [6.45, 7) is 9.15. The molecule has 7 nitrogen and oxygen atoms in total. The van der Waals surface area contributed by atoms with Crippen molar-refractivity contribution in [1.82, 2.24) is 24.5 Å². The van der Waals surface area contributed by atoms with E-state index in [2.05, 4.69) is 45.9 Å². The third-order valence-electron chi connectivity index (χ3n) is 4.14. The van der Waals surface area contributed by atoms with Gasteiger partial charge in [0.15, 0.2) is 0 Å². The van der Waals surface area contributed by atoms with Gasteiger partial charge in [-0.3, -0.25) is 9.48 Å². The number of piperidine rings is 1. The van der Waals surface area contributed by atoms with Crippen molar-refractivity contribution in [3.63, 3.8) is 0 Å². The fourth-order valence-electron chi connectivity index (χ4n) is 2.73. The minimum Gasteiger partial charge on any atom is -0.355 e. The van der Waals surface area contributed by atoms with E-state index in [9.17, 15) is 4.79 Å². The molecule has 3 heterocycles. The predicted octanol–water partition coefficient (Wildman–Crippen LogP) is 2.48. The number of aromatic nitrogens is 4. The molecule has 0 unspecified atom stereocenters. The van der Waals surface area contributed by atoms with Gasteiger partial charge in [-0.25, -0.2) is 4.98 Å². The van der Waals surface area contributed by atoms with Gasteiger partial charge < -0.3 is 10.6 Å². The minimum atomic E-state index is -0.103. The molecule has 0 saturated carbocycles. The fourth-order valence-corrected chi connectivity index (χ4v) is 3.55. The second-order valence-corrected chi connectivity index (χ2v) is 7.89. The molecule has 1 fully saturated rings. The number of hydrogen-bond donors (Lipinski definition) is 2. The molecule has 0 spiro atoms. The first-order valence-corrected chi connectivity index (χ1v) is 9.06. The van der Waals surface area contributed by atoms with E-state index in [4.69, 9.17) is 0 Å². The van der Waals surface area contributed by atoms with Crippen molar-refractivity contribution in [2.45, 2.75) is 64.6 Å². The molecule has 3 rings (SSSR count). The molecule has 1 saturated heterocycles. The lowest BCUT2D eigenvalue weighted by atomic mass is 9.94. The molecule has 1 amide bonds. The number of anilines is 1. The van der Waals surface area contributed by atoms with E-state index in [-0.39, 0.29) is 23.4 Å². The Morgan fingerprint density at radius 3 is 2.88 bits per heavy atom. The zero-order valence-electron chi connectivity index (χ0n) is 14.5. The zero-order chi connectivity index (χ0) is 17.3. The third-order valence-corrected chi connectivity index (χ3v) is 4.79. The van der Waals surface area contributed by atoms with Gasteiger partial charge in [-0.15, -0.1) is 0 Å². The molecule has 2 N–H and O–H groups in total. The van der Waals surface area contributed by atoms with Crippen LogP contribution >= 0.6 is 11.5 Å². The van der Waals surface area contributed by atoms with Crippen LogP contribution in [0.4, 0.5) is 5.13 Å². The number of nitrogens with one attached hydrogen (secondary N) is 2. The summed E-state index contributed by atoms with van der Waals surface area (Å²) in [6, 6.07) is -0.0217. The van der Waals surface area contributed by atoms with E-state index in [1.165, 1.54) is 11.5 Å². The molecule has 0 aromatic carbocycles. The maximum absolute atomic E-state index is 11.9. The molecule has 24 heavy (non-hydrogen) atoms. The first-order valence-electron chi connectivity index (χ1n) is 8.29. The van der Waals surface area contributed by atoms with Gasteiger partial charge in [0.25, 0.3) is 0 Å². The Kier molecular flexibility index (Phi) is 4.58. The minimum absolute atomic E-state index is 0.0706. The van der Waals surface area contributed by atoms with E-state index < -0.39 is 0 Å². The molecular formula is C16H24N6OS. The summed E-state index contributed by atoms with van der Waals surface area (Å²) in [5, 5.41) is 11.7. The van der Waals surface area contributed by atoms with Crippen molar-refractivity contribution >= 4 is 22.6 Å². The monoisotopic (exact) mass is 348 g/mol. The van der Waals surface area contributed by atoms with Crippen LogP contribution < -0.4 is 10.6 Å². The van der Waals surface area contributed by atoms with Crippen LogP contribution in [0.3, 0.4) is 0 Å². The number of rotatable bonds is 4. The van der Waals surface area contributed by atoms with Crippen molar-refractivity contribution in [3.05, 3.63) is 23.8 Å². The smallest absolute Gasteiger partial charge is 0.220 e. The molecular weight excluding hydrogens is 324 g/mol. The first-order chi connectivity index (χ1) is 11.4. The Balaban J connectivity index is 1.79. The second kappa shape index (κ2) is 6.51. The van der Waals surface area contributed by atoms with Gasteiger partial charge in [0.05, 0.1) is 18.3 Å². The Hall–Kier alpha value is -1.96. The molecule has 130 valence electrons. The number of carbonyl (C=O) groups excluding carboxylic acids is 1. The summed E-state index contributed by atoms with van der Waals surface area (Å²) >= 11 is 1.37. The fraction of sp³-hybridized carbons (Fsp3) is 0.625. The van der Waals surface area contributed by atoms with Gasteiger partial charge in [-0.05, 0) is 13.3 Å². The SMILES string of the molecule is CCn1cc([C@@H]2NC(=O)CC[C@H]2Nc2nc(C(C)(C)C)ns2)cn1. The number of aryl methyl sites for hydroxylation is 1. The summed E-state index contributed by atoms with van der Waals surface area (Å²) < 4.78 is 6.32. The molecule has 0 bridgehead atoms. The highest BCUT2D eigenvalue weighted by Gasteiger charge is 2.32. The lowest BCUT2D eigenvalue weighted by molar-refractivity contribution is -0.123. The predicted molar refractivity (Wildman–Crippen MR) is 94.0 cm³/mol. The first kappa shape index (κ1) is 16.9. The summed E-state index contributed by atoms with van der Waals surface area (Å²) in [5.41, 5.74) is 0.946. The highest BCUT2D eigenvalue weighted by atomic mass is 32.1. The van der Waals surface area contributed by atoms with Gasteiger partial charge in [-0.2, -0.15) is 9.47 Å². The summed E-state index contributed by atoms with van der Waals surface area (Å²) in [4.78, 5) is 16.5. The maximum Gasteiger partial charge on any atom is 0.220 e. The van der Waals surface area contributed by atoms with Crippen molar-refractivity contribution in [2.24, 2.45) is 0 Å². The van der Waals surface area contributed by atoms with Crippen molar-refractivity contribution < 1.29 is 4.79 Å². The second-order valence-electron chi connectivity index (χ2n) is 7.14. The largest absolute Gasteiger partial charge is 0.355 e. The normalized spacial score (nSPS) is 21.6. The topological polar surface area (TPSA) is 84.7 Å². The molecule has 1 aliphatic heterocycles. The number of hydrogen-bond acceptors (Lipinski definition) is 6. The van der Waals surface area contributed by atoms with E-state index in [1.54, 1.807) is 0 Å². The standard InChI is InChI=1S/C16H24N6OS/c1-5-22-9-10(8-17-22)13-11(6-7-12(23)19-13)18-15-20-14(21-24-15)16(2,3)4/h8-9,11,13H,5-7H2,1-4H3,(H,19,23)(H,18,20,21)/t11-,13+/m1/s1. The van der Waals surface area contributed by atoms with E-state index in [1.807, 2.05) is 24.0 Å². The number of amides is 1. The lowest BCUT2D eigenvalue weighted by Gasteiger charge is -2.32. The van der Waals surface area contributed by atoms with Crippen LogP contribution in [0.2, 0.25) is 0 Å². The van der Waals surface area contributed by atoms with Crippen LogP contribution in [0.15, 0.2) is 12.4 Å². The van der Waals surface area contributed by atoms with Crippen molar-refractivity contribution in [2.75, 3.05) is 5.32 Å². The van der Waals surface area contributed by atoms with Gasteiger partial charge >= 0.3 is 0 Å². The Bertz CT molecular complexity index is 716. The van der Waals surface area contributed by atoms with Crippen LogP contribution in [-0.2, 0) is 16.8 Å². The van der Waals surface area contributed by atoms with Crippen LogP contribution in [0.25, 0.3) is 0 Å². The van der Waals surface area contributed by atoms with Crippen molar-refractivity contribution in [1.29, 1.82) is 0 Å². The van der Waals surface area contributed by atoms with Gasteiger partial charge in [-0.1, -0.05) is 20.8 Å². The van der Waals surface area contributed by atoms with Crippen LogP contribution in [0.1, 0.15) is 58.0 Å². The Morgan fingerprint density at radius 1 is 1.46 bits per heavy atom. The number of nitrogens with zero attached hydrogens (tertiary/aromatic N) is 4. The molecule has 2 aromatic rings. The summed E-state index contributed by atoms with van der Waals surface area (Å²) in [7, 11) is 0. The maximum atomic E-state index is 11.9. The highest BCUT2D eigenvalue weighted by molar-refractivity contribution is 7.09. The Labute approximate surface area is 146 Å². The van der Waals surface area contributed by atoms with Crippen molar-refractivity contribution in [3.8, 4) is 0 Å². The van der Waals surface area contributed by atoms with E-state index >= 15 is 0 Å². The average Bonchev–Trinajstić information content (AvgIpc) is 3.17. The Morgan fingerprint density at radius 2 is 2.25 bits per heavy atom. The number of carbonyl (C=O) groups is 1. The van der Waals surface area contributed by atoms with Crippen LogP contribution in [0.5, 0.6) is 0 Å². The molecule has 2 atom stereocenters. The van der Waals surface area contributed by atoms with Gasteiger partial charge in [0.2, 0.25) is 11.0 Å². The summed E-state index contributed by atoms with van der Waals surface area (Å²) in [5.74, 6) is 0.917. The molecule has 0 radical (unpaired) electrons. The molecule has 0 aliphatic carbocycles. The van der Waals surface area contributed by atoms with Gasteiger partial charge in [0, 0.05) is 41.7 Å². The highest BCUT2D eigenvalue weighted by Crippen LogP contribution is 2.29. The van der Waals surface area contributed by atoms with E-state index in [0.717, 1.165) is 29.5 Å². The molecule has 2 aromatic heterocycles. The van der Waals surface area contributed by atoms with Gasteiger partial charge in [0.1, 0.15) is 5.82 Å². The molecule has 1 aliphatic rings. The zero-order valence-corrected chi connectivity index (χ0v) is 15.4. The van der Waals surface area contributed by atoms with E-state index in [0.29, 0.717) is 6.42 Å². The lowest BCUT2D eigenvalue weighted by Crippen LogP contribution is -2.45. The average molecular weight is 348 g/mol. The quantitative estimate of drug-likeness (QED) is 0.887. The molecule has 8 heteroatoms. The summed E-state index contributed by atoms with van der Waals surface area (Å²) in [6.07, 6.45) is 5.10. The van der Waals surface area contributed by atoms with Crippen LogP contribution in [0, 0.1) is 0 Å². The third kappa shape index (κ3) is 3.58.